The van der Waals surface area contributed by atoms with E-state index < -0.39 is 12.6 Å². The molecule has 0 fully saturated rings. The van der Waals surface area contributed by atoms with Crippen molar-refractivity contribution in [3.63, 3.8) is 0 Å². The summed E-state index contributed by atoms with van der Waals surface area (Å²) in [5.41, 5.74) is 0.959. The van der Waals surface area contributed by atoms with E-state index in [1.54, 1.807) is 0 Å². The lowest BCUT2D eigenvalue weighted by atomic mass is 10.1. The monoisotopic (exact) mass is 353 g/mol. The van der Waals surface area contributed by atoms with Gasteiger partial charge < -0.3 is 10.1 Å². The molecular formula is C14H19BrF3NO. The first-order chi connectivity index (χ1) is 9.42. The maximum absolute atomic E-state index is 12.1. The van der Waals surface area contributed by atoms with E-state index in [1.807, 2.05) is 31.2 Å². The van der Waals surface area contributed by atoms with Crippen LogP contribution in [0.15, 0.2) is 28.7 Å². The number of halogens is 4. The van der Waals surface area contributed by atoms with Gasteiger partial charge >= 0.3 is 6.18 Å². The molecule has 0 saturated carbocycles. The summed E-state index contributed by atoms with van der Waals surface area (Å²) in [6.45, 7) is 3.46. The van der Waals surface area contributed by atoms with Gasteiger partial charge in [-0.1, -0.05) is 35.0 Å². The number of likely N-dealkylation sites (N-methyl/N-ethyl adjacent to an activating group) is 1. The molecule has 1 atom stereocenters. The van der Waals surface area contributed by atoms with Crippen LogP contribution >= 0.6 is 15.9 Å². The van der Waals surface area contributed by atoms with E-state index >= 15 is 0 Å². The number of rotatable bonds is 8. The van der Waals surface area contributed by atoms with Gasteiger partial charge in [0.1, 0.15) is 0 Å². The molecule has 20 heavy (non-hydrogen) atoms. The van der Waals surface area contributed by atoms with Gasteiger partial charge in [-0.3, -0.25) is 0 Å². The van der Waals surface area contributed by atoms with E-state index in [-0.39, 0.29) is 19.1 Å². The zero-order valence-electron chi connectivity index (χ0n) is 11.3. The van der Waals surface area contributed by atoms with Crippen LogP contribution in [0, 0.1) is 0 Å². The lowest BCUT2D eigenvalue weighted by molar-refractivity contribution is -0.138. The van der Waals surface area contributed by atoms with Crippen molar-refractivity contribution >= 4 is 15.9 Å². The molecule has 0 aromatic heterocycles. The minimum atomic E-state index is -4.11. The van der Waals surface area contributed by atoms with Gasteiger partial charge in [0, 0.05) is 24.0 Å². The number of alkyl halides is 3. The van der Waals surface area contributed by atoms with Crippen LogP contribution in [0.25, 0.3) is 0 Å². The molecule has 1 aromatic rings. The predicted octanol–water partition coefficient (Wildman–Crippen LogP) is 4.46. The number of benzene rings is 1. The predicted molar refractivity (Wildman–Crippen MR) is 76.7 cm³/mol. The molecule has 0 saturated heterocycles. The molecule has 0 heterocycles. The summed E-state index contributed by atoms with van der Waals surface area (Å²) in [6.07, 6.45) is -5.15. The van der Waals surface area contributed by atoms with E-state index in [4.69, 9.17) is 4.74 Å². The third-order valence-corrected chi connectivity index (χ3v) is 3.27. The van der Waals surface area contributed by atoms with Gasteiger partial charge in [0.25, 0.3) is 0 Å². The summed E-state index contributed by atoms with van der Waals surface area (Å²) in [6, 6.07) is 7.62. The minimum Gasteiger partial charge on any atom is -0.372 e. The van der Waals surface area contributed by atoms with Crippen molar-refractivity contribution in [2.24, 2.45) is 0 Å². The molecule has 0 aliphatic carbocycles. The van der Waals surface area contributed by atoms with Gasteiger partial charge in [-0.2, -0.15) is 13.2 Å². The maximum Gasteiger partial charge on any atom is 0.389 e. The van der Waals surface area contributed by atoms with E-state index in [0.29, 0.717) is 6.54 Å². The van der Waals surface area contributed by atoms with Crippen LogP contribution in [0.4, 0.5) is 13.2 Å². The van der Waals surface area contributed by atoms with Gasteiger partial charge in [-0.15, -0.1) is 0 Å². The average molecular weight is 354 g/mol. The second kappa shape index (κ2) is 8.64. The normalized spacial score (nSPS) is 13.4. The number of hydrogen-bond donors (Lipinski definition) is 1. The van der Waals surface area contributed by atoms with Crippen LogP contribution in [-0.2, 0) is 4.74 Å². The van der Waals surface area contributed by atoms with E-state index in [2.05, 4.69) is 21.2 Å². The Hall–Kier alpha value is -0.590. The molecule has 0 bridgehead atoms. The highest BCUT2D eigenvalue weighted by Gasteiger charge is 2.26. The molecule has 0 aliphatic rings. The molecule has 0 radical (unpaired) electrons. The topological polar surface area (TPSA) is 21.3 Å². The van der Waals surface area contributed by atoms with Crippen LogP contribution < -0.4 is 5.32 Å². The second-order valence-electron chi connectivity index (χ2n) is 4.44. The largest absolute Gasteiger partial charge is 0.389 e. The van der Waals surface area contributed by atoms with Crippen molar-refractivity contribution in [2.75, 3.05) is 19.7 Å². The van der Waals surface area contributed by atoms with Crippen molar-refractivity contribution in [1.82, 2.24) is 5.32 Å². The van der Waals surface area contributed by atoms with Gasteiger partial charge in [-0.25, -0.2) is 0 Å². The van der Waals surface area contributed by atoms with Crippen molar-refractivity contribution in [3.05, 3.63) is 34.3 Å². The molecule has 0 spiro atoms. The summed E-state index contributed by atoms with van der Waals surface area (Å²) in [7, 11) is 0. The Morgan fingerprint density at radius 3 is 2.45 bits per heavy atom. The van der Waals surface area contributed by atoms with Gasteiger partial charge in [-0.05, 0) is 30.7 Å². The highest BCUT2D eigenvalue weighted by atomic mass is 79.9. The number of hydrogen-bond acceptors (Lipinski definition) is 2. The van der Waals surface area contributed by atoms with Crippen LogP contribution in [-0.4, -0.2) is 25.9 Å². The molecule has 1 N–H and O–H groups in total. The van der Waals surface area contributed by atoms with E-state index in [0.717, 1.165) is 16.6 Å². The van der Waals surface area contributed by atoms with Crippen molar-refractivity contribution in [2.45, 2.75) is 32.0 Å². The summed E-state index contributed by atoms with van der Waals surface area (Å²) in [5, 5.41) is 3.16. The highest BCUT2D eigenvalue weighted by molar-refractivity contribution is 9.10. The lowest BCUT2D eigenvalue weighted by Gasteiger charge is -2.19. The lowest BCUT2D eigenvalue weighted by Crippen LogP contribution is -2.23. The molecule has 0 amide bonds. The minimum absolute atomic E-state index is 0.0113. The number of ether oxygens (including phenoxy) is 1. The zero-order valence-corrected chi connectivity index (χ0v) is 12.9. The van der Waals surface area contributed by atoms with Crippen LogP contribution in [0.1, 0.15) is 31.4 Å². The summed E-state index contributed by atoms with van der Waals surface area (Å²) >= 11 is 3.35. The quantitative estimate of drug-likeness (QED) is 0.696. The Balaban J connectivity index is 2.49. The molecular weight excluding hydrogens is 335 g/mol. The van der Waals surface area contributed by atoms with Crippen molar-refractivity contribution in [1.29, 1.82) is 0 Å². The van der Waals surface area contributed by atoms with Gasteiger partial charge in [0.05, 0.1) is 6.10 Å². The van der Waals surface area contributed by atoms with Crippen LogP contribution in [0.3, 0.4) is 0 Å². The first-order valence-corrected chi connectivity index (χ1v) is 7.36. The fraction of sp³-hybridized carbons (Fsp3) is 0.571. The maximum atomic E-state index is 12.1. The van der Waals surface area contributed by atoms with Crippen molar-refractivity contribution in [3.8, 4) is 0 Å². The summed E-state index contributed by atoms with van der Waals surface area (Å²) in [5.74, 6) is 0. The third kappa shape index (κ3) is 7.26. The Bertz CT molecular complexity index is 381. The molecule has 1 rings (SSSR count). The Morgan fingerprint density at radius 1 is 1.25 bits per heavy atom. The highest BCUT2D eigenvalue weighted by Crippen LogP contribution is 2.23. The third-order valence-electron chi connectivity index (χ3n) is 2.75. The van der Waals surface area contributed by atoms with Crippen molar-refractivity contribution < 1.29 is 17.9 Å². The zero-order chi connectivity index (χ0) is 15.0. The van der Waals surface area contributed by atoms with Crippen LogP contribution in [0.2, 0.25) is 0 Å². The van der Waals surface area contributed by atoms with E-state index in [9.17, 15) is 13.2 Å². The first-order valence-electron chi connectivity index (χ1n) is 6.57. The van der Waals surface area contributed by atoms with E-state index in [1.165, 1.54) is 0 Å². The average Bonchev–Trinajstić information content (AvgIpc) is 2.38. The Kier molecular flexibility index (Phi) is 7.55. The Labute approximate surface area is 125 Å². The summed E-state index contributed by atoms with van der Waals surface area (Å²) in [4.78, 5) is 0. The number of nitrogens with one attached hydrogen (secondary N) is 1. The summed E-state index contributed by atoms with van der Waals surface area (Å²) < 4.78 is 42.8. The molecule has 2 nitrogen and oxygen atoms in total. The molecule has 6 heteroatoms. The van der Waals surface area contributed by atoms with Crippen LogP contribution in [0.5, 0.6) is 0 Å². The van der Waals surface area contributed by atoms with Gasteiger partial charge in [0.15, 0.2) is 0 Å². The molecule has 1 aromatic carbocycles. The SMILES string of the molecule is CCNCC(OCCCC(F)(F)F)c1ccc(Br)cc1. The Morgan fingerprint density at radius 2 is 1.90 bits per heavy atom. The fourth-order valence-corrected chi connectivity index (χ4v) is 1.99. The van der Waals surface area contributed by atoms with Gasteiger partial charge in [0.2, 0.25) is 0 Å². The molecule has 0 aliphatic heterocycles. The smallest absolute Gasteiger partial charge is 0.372 e. The second-order valence-corrected chi connectivity index (χ2v) is 5.35. The molecule has 114 valence electrons. The fourth-order valence-electron chi connectivity index (χ4n) is 1.72. The molecule has 1 unspecified atom stereocenters. The first kappa shape index (κ1) is 17.5. The standard InChI is InChI=1S/C14H19BrF3NO/c1-2-19-10-13(11-4-6-12(15)7-5-11)20-9-3-8-14(16,17)18/h4-7,13,19H,2-3,8-10H2,1H3.